The Bertz CT molecular complexity index is 743. The number of aromatic amines is 1. The molecule has 0 radical (unpaired) electrons. The number of aryl methyl sites for hydroxylation is 1. The third-order valence-electron chi connectivity index (χ3n) is 3.85. The van der Waals surface area contributed by atoms with E-state index in [0.29, 0.717) is 12.5 Å². The number of nitrogens with one attached hydrogen (secondary N) is 2. The molecule has 0 unspecified atom stereocenters. The van der Waals surface area contributed by atoms with Gasteiger partial charge >= 0.3 is 0 Å². The Labute approximate surface area is 124 Å². The molecule has 3 N–H and O–H groups in total. The molecule has 1 aromatic carbocycles. The summed E-state index contributed by atoms with van der Waals surface area (Å²) in [6.45, 7) is 0. The van der Waals surface area contributed by atoms with E-state index in [4.69, 9.17) is 0 Å². The van der Waals surface area contributed by atoms with Crippen LogP contribution >= 0.6 is 0 Å². The molecule has 2 aromatic rings. The minimum absolute atomic E-state index is 0.336. The molecule has 4 nitrogen and oxygen atoms in total. The van der Waals surface area contributed by atoms with Crippen LogP contribution in [0, 0.1) is 17.5 Å². The van der Waals surface area contributed by atoms with Crippen molar-refractivity contribution in [2.24, 2.45) is 0 Å². The Hall–Kier alpha value is -2.44. The number of rotatable bonds is 2. The lowest BCUT2D eigenvalue weighted by molar-refractivity contribution is 0.0927. The maximum absolute atomic E-state index is 13.8. The number of phenolic OH excluding ortho intramolecular Hbond substituents is 1. The average molecular weight is 310 g/mol. The SMILES string of the molecule is O=C(N[C@@H]1CCCc2[nH]ccc21)c1cc(F)c(F)c(O)c1F. The van der Waals surface area contributed by atoms with Crippen molar-refractivity contribution in [2.75, 3.05) is 0 Å². The highest BCUT2D eigenvalue weighted by molar-refractivity contribution is 5.95. The van der Waals surface area contributed by atoms with Crippen molar-refractivity contribution in [3.63, 3.8) is 0 Å². The number of amides is 1. The van der Waals surface area contributed by atoms with Crippen LogP contribution < -0.4 is 5.32 Å². The molecule has 1 aliphatic carbocycles. The van der Waals surface area contributed by atoms with E-state index in [2.05, 4.69) is 10.3 Å². The van der Waals surface area contributed by atoms with Gasteiger partial charge in [0.2, 0.25) is 5.82 Å². The number of fused-ring (bicyclic) bond motifs is 1. The normalized spacial score (nSPS) is 17.1. The molecule has 1 amide bonds. The molecule has 0 bridgehead atoms. The quantitative estimate of drug-likeness (QED) is 0.747. The minimum atomic E-state index is -1.71. The largest absolute Gasteiger partial charge is 0.503 e. The molecule has 22 heavy (non-hydrogen) atoms. The van der Waals surface area contributed by atoms with Crippen LogP contribution in [0.25, 0.3) is 0 Å². The zero-order valence-corrected chi connectivity index (χ0v) is 11.4. The van der Waals surface area contributed by atoms with Gasteiger partial charge in [-0.2, -0.15) is 4.39 Å². The van der Waals surface area contributed by atoms with Crippen molar-refractivity contribution in [3.8, 4) is 5.75 Å². The fourth-order valence-corrected chi connectivity index (χ4v) is 2.74. The van der Waals surface area contributed by atoms with E-state index in [9.17, 15) is 23.1 Å². The summed E-state index contributed by atoms with van der Waals surface area (Å²) in [6.07, 6.45) is 4.10. The monoisotopic (exact) mass is 310 g/mol. The molecule has 0 fully saturated rings. The Kier molecular flexibility index (Phi) is 3.56. The summed E-state index contributed by atoms with van der Waals surface area (Å²) in [4.78, 5) is 15.2. The van der Waals surface area contributed by atoms with Gasteiger partial charge in [-0.25, -0.2) is 8.78 Å². The van der Waals surface area contributed by atoms with Crippen LogP contribution in [0.15, 0.2) is 18.3 Å². The topological polar surface area (TPSA) is 65.1 Å². The van der Waals surface area contributed by atoms with Crippen LogP contribution in [-0.4, -0.2) is 16.0 Å². The summed E-state index contributed by atoms with van der Waals surface area (Å²) in [5.74, 6) is -7.04. The standard InChI is InChI=1S/C15H13F3N2O2/c16-9-6-8(12(17)14(21)13(9)18)15(22)20-11-3-1-2-10-7(11)4-5-19-10/h4-6,11,19,21H,1-3H2,(H,20,22)/t11-/m1/s1. The minimum Gasteiger partial charge on any atom is -0.503 e. The van der Waals surface area contributed by atoms with Gasteiger partial charge in [-0.1, -0.05) is 0 Å². The number of H-pyrrole nitrogens is 1. The van der Waals surface area contributed by atoms with Crippen molar-refractivity contribution in [1.82, 2.24) is 10.3 Å². The number of aromatic hydroxyl groups is 1. The maximum Gasteiger partial charge on any atom is 0.254 e. The van der Waals surface area contributed by atoms with Crippen molar-refractivity contribution in [1.29, 1.82) is 0 Å². The summed E-state index contributed by atoms with van der Waals surface area (Å²) < 4.78 is 40.1. The van der Waals surface area contributed by atoms with Crippen LogP contribution in [0.2, 0.25) is 0 Å². The van der Waals surface area contributed by atoms with E-state index >= 15 is 0 Å². The summed E-state index contributed by atoms with van der Waals surface area (Å²) in [6, 6.07) is 1.93. The summed E-state index contributed by atoms with van der Waals surface area (Å²) in [5, 5.41) is 11.8. The first-order chi connectivity index (χ1) is 10.5. The third-order valence-corrected chi connectivity index (χ3v) is 3.85. The number of carbonyl (C=O) groups excluding carboxylic acids is 1. The van der Waals surface area contributed by atoms with Gasteiger partial charge in [0.1, 0.15) is 0 Å². The second-order valence-electron chi connectivity index (χ2n) is 5.21. The van der Waals surface area contributed by atoms with Gasteiger partial charge in [-0.3, -0.25) is 4.79 Å². The lowest BCUT2D eigenvalue weighted by atomic mass is 9.92. The number of hydrogen-bond donors (Lipinski definition) is 3. The molecule has 7 heteroatoms. The molecule has 0 aliphatic heterocycles. The van der Waals surface area contributed by atoms with Gasteiger partial charge in [-0.15, -0.1) is 0 Å². The predicted molar refractivity (Wildman–Crippen MR) is 71.9 cm³/mol. The second kappa shape index (κ2) is 5.40. The van der Waals surface area contributed by atoms with E-state index in [0.717, 1.165) is 24.1 Å². The fourth-order valence-electron chi connectivity index (χ4n) is 2.74. The Balaban J connectivity index is 1.88. The van der Waals surface area contributed by atoms with Crippen LogP contribution in [0.4, 0.5) is 13.2 Å². The third kappa shape index (κ3) is 2.32. The van der Waals surface area contributed by atoms with Crippen LogP contribution in [0.5, 0.6) is 5.75 Å². The van der Waals surface area contributed by atoms with Gasteiger partial charge in [0.25, 0.3) is 5.91 Å². The van der Waals surface area contributed by atoms with Crippen LogP contribution in [0.1, 0.15) is 40.5 Å². The van der Waals surface area contributed by atoms with Gasteiger partial charge < -0.3 is 15.4 Å². The van der Waals surface area contributed by atoms with E-state index in [-0.39, 0.29) is 6.04 Å². The lowest BCUT2D eigenvalue weighted by Crippen LogP contribution is -2.31. The number of benzene rings is 1. The summed E-state index contributed by atoms with van der Waals surface area (Å²) in [7, 11) is 0. The van der Waals surface area contributed by atoms with Crippen molar-refractivity contribution in [3.05, 3.63) is 52.6 Å². The van der Waals surface area contributed by atoms with Gasteiger partial charge in [-0.05, 0) is 37.0 Å². The maximum atomic E-state index is 13.8. The number of hydrogen-bond acceptors (Lipinski definition) is 2. The summed E-state index contributed by atoms with van der Waals surface area (Å²) >= 11 is 0. The van der Waals surface area contributed by atoms with E-state index in [1.165, 1.54) is 0 Å². The van der Waals surface area contributed by atoms with E-state index in [1.807, 2.05) is 6.07 Å². The fraction of sp³-hybridized carbons (Fsp3) is 0.267. The van der Waals surface area contributed by atoms with Crippen LogP contribution in [-0.2, 0) is 6.42 Å². The predicted octanol–water partition coefficient (Wildman–Crippen LogP) is 2.95. The van der Waals surface area contributed by atoms with Crippen LogP contribution in [0.3, 0.4) is 0 Å². The molecular weight excluding hydrogens is 297 g/mol. The lowest BCUT2D eigenvalue weighted by Gasteiger charge is -2.24. The van der Waals surface area contributed by atoms with Crippen molar-refractivity contribution in [2.45, 2.75) is 25.3 Å². The average Bonchev–Trinajstić information content (AvgIpc) is 2.98. The second-order valence-corrected chi connectivity index (χ2v) is 5.21. The molecule has 1 aromatic heterocycles. The first-order valence-corrected chi connectivity index (χ1v) is 6.82. The van der Waals surface area contributed by atoms with Crippen molar-refractivity contribution < 1.29 is 23.1 Å². The first kappa shape index (κ1) is 14.5. The van der Waals surface area contributed by atoms with Gasteiger partial charge in [0, 0.05) is 11.9 Å². The molecular formula is C15H13F3N2O2. The Morgan fingerprint density at radius 3 is 2.86 bits per heavy atom. The number of halogens is 3. The number of aromatic nitrogens is 1. The highest BCUT2D eigenvalue weighted by Gasteiger charge is 2.27. The number of phenols is 1. The molecule has 1 heterocycles. The molecule has 0 saturated heterocycles. The smallest absolute Gasteiger partial charge is 0.254 e. The zero-order valence-electron chi connectivity index (χ0n) is 11.4. The molecule has 0 spiro atoms. The molecule has 0 saturated carbocycles. The highest BCUT2D eigenvalue weighted by atomic mass is 19.2. The van der Waals surface area contributed by atoms with Gasteiger partial charge in [0.15, 0.2) is 17.4 Å². The zero-order chi connectivity index (χ0) is 15.9. The molecule has 1 atom stereocenters. The first-order valence-electron chi connectivity index (χ1n) is 6.82. The van der Waals surface area contributed by atoms with E-state index < -0.39 is 34.7 Å². The summed E-state index contributed by atoms with van der Waals surface area (Å²) in [5.41, 5.74) is 1.16. The Morgan fingerprint density at radius 2 is 2.09 bits per heavy atom. The van der Waals surface area contributed by atoms with Gasteiger partial charge in [0.05, 0.1) is 11.6 Å². The number of carbonyl (C=O) groups is 1. The Morgan fingerprint density at radius 1 is 1.32 bits per heavy atom. The molecule has 116 valence electrons. The molecule has 1 aliphatic rings. The van der Waals surface area contributed by atoms with Crippen molar-refractivity contribution >= 4 is 5.91 Å². The highest BCUT2D eigenvalue weighted by Crippen LogP contribution is 2.30. The van der Waals surface area contributed by atoms with E-state index in [1.54, 1.807) is 6.20 Å². The molecule has 3 rings (SSSR count).